The van der Waals surface area contributed by atoms with Crippen LogP contribution in [0.4, 0.5) is 34.1 Å². The van der Waals surface area contributed by atoms with E-state index in [1.165, 1.54) is 112 Å². The first-order valence-electron chi connectivity index (χ1n) is 25.9. The summed E-state index contributed by atoms with van der Waals surface area (Å²) in [5.74, 6) is 0. The number of rotatable bonds is 5. The van der Waals surface area contributed by atoms with Crippen LogP contribution in [-0.4, -0.2) is 6.71 Å². The smallest absolute Gasteiger partial charge is 0.252 e. The second-order valence-corrected chi connectivity index (χ2v) is 25.8. The van der Waals surface area contributed by atoms with Crippen LogP contribution in [0.25, 0.3) is 11.1 Å². The van der Waals surface area contributed by atoms with Crippen LogP contribution in [0, 0.1) is 13.8 Å². The Morgan fingerprint density at radius 2 is 0.942 bits per heavy atom. The van der Waals surface area contributed by atoms with Gasteiger partial charge in [0, 0.05) is 39.4 Å². The topological polar surface area (TPSA) is 6.48 Å². The van der Waals surface area contributed by atoms with E-state index in [9.17, 15) is 0 Å². The molecule has 0 radical (unpaired) electrons. The molecule has 0 fully saturated rings. The Morgan fingerprint density at radius 1 is 0.435 bits per heavy atom. The normalized spacial score (nSPS) is 18.0. The zero-order chi connectivity index (χ0) is 49.0. The van der Waals surface area contributed by atoms with Gasteiger partial charge in [-0.05, 0) is 175 Å². The fourth-order valence-corrected chi connectivity index (χ4v) is 13.5. The molecule has 0 unspecified atom stereocenters. The van der Waals surface area contributed by atoms with Gasteiger partial charge in [0.25, 0.3) is 6.71 Å². The number of fused-ring (bicyclic) bond motifs is 6. The van der Waals surface area contributed by atoms with E-state index in [1.807, 2.05) is 0 Å². The standard InChI is InChI=1S/C66H73BN2/c1-41-32-58-60-59(33-41)69(56-38-51-48(34-42(56)2)64(10,11)40-65(51,12)13)55-29-27-46(66(14,15)44-24-20-17-21-25-44)36-52(55)67(60)53-37-49-50(63(8,9)31-30-62(49,6)7)39-57(53)68(58)54-28-26-45(61(3,4)5)35-47(54)43-22-18-16-19-23-43/h16-29,32-39H,30-31,40H2,1-15H3. The minimum atomic E-state index is -0.221. The predicted octanol–water partition coefficient (Wildman–Crippen LogP) is 16.0. The monoisotopic (exact) mass is 905 g/mol. The van der Waals surface area contributed by atoms with Crippen LogP contribution in [0.5, 0.6) is 0 Å². The summed E-state index contributed by atoms with van der Waals surface area (Å²) in [5.41, 5.74) is 26.9. The molecule has 0 saturated carbocycles. The van der Waals surface area contributed by atoms with E-state index in [1.54, 1.807) is 0 Å². The molecule has 0 atom stereocenters. The first kappa shape index (κ1) is 45.6. The Bertz CT molecular complexity index is 3230. The van der Waals surface area contributed by atoms with Crippen molar-refractivity contribution in [3.05, 3.63) is 184 Å². The van der Waals surface area contributed by atoms with Crippen LogP contribution in [0.15, 0.2) is 133 Å². The van der Waals surface area contributed by atoms with Gasteiger partial charge >= 0.3 is 0 Å². The maximum absolute atomic E-state index is 2.70. The van der Waals surface area contributed by atoms with Gasteiger partial charge in [0.1, 0.15) is 0 Å². The molecule has 69 heavy (non-hydrogen) atoms. The van der Waals surface area contributed by atoms with Gasteiger partial charge in [-0.15, -0.1) is 0 Å². The van der Waals surface area contributed by atoms with Gasteiger partial charge in [-0.25, -0.2) is 0 Å². The van der Waals surface area contributed by atoms with Crippen LogP contribution in [0.2, 0.25) is 0 Å². The molecule has 0 amide bonds. The largest absolute Gasteiger partial charge is 0.311 e. The Labute approximate surface area is 415 Å². The predicted molar refractivity (Wildman–Crippen MR) is 299 cm³/mol. The maximum Gasteiger partial charge on any atom is 0.252 e. The van der Waals surface area contributed by atoms with Gasteiger partial charge in [-0.2, -0.15) is 0 Å². The summed E-state index contributed by atoms with van der Waals surface area (Å²) < 4.78 is 0. The van der Waals surface area contributed by atoms with Crippen molar-refractivity contribution in [1.29, 1.82) is 0 Å². The highest BCUT2D eigenvalue weighted by Gasteiger charge is 2.48. The number of nitrogens with zero attached hydrogens (tertiary/aromatic N) is 2. The Hall–Kier alpha value is -5.80. The number of hydrogen-bond acceptors (Lipinski definition) is 2. The summed E-state index contributed by atoms with van der Waals surface area (Å²) >= 11 is 0. The molecule has 3 heteroatoms. The van der Waals surface area contributed by atoms with Crippen LogP contribution >= 0.6 is 0 Å². The molecule has 0 bridgehead atoms. The number of aryl methyl sites for hydroxylation is 2. The molecule has 0 N–H and O–H groups in total. The van der Waals surface area contributed by atoms with Crippen molar-refractivity contribution in [3.8, 4) is 11.1 Å². The highest BCUT2D eigenvalue weighted by atomic mass is 15.2. The number of benzene rings is 7. The Kier molecular flexibility index (Phi) is 9.99. The average Bonchev–Trinajstić information content (AvgIpc) is 3.48. The molecule has 2 aliphatic heterocycles. The summed E-state index contributed by atoms with van der Waals surface area (Å²) in [6.45, 7) is 36.3. The molecular weight excluding hydrogens is 832 g/mol. The molecule has 7 aromatic carbocycles. The van der Waals surface area contributed by atoms with Gasteiger partial charge in [0.15, 0.2) is 0 Å². The minimum absolute atomic E-state index is 0.00453. The van der Waals surface area contributed by atoms with Crippen LogP contribution < -0.4 is 26.2 Å². The van der Waals surface area contributed by atoms with Gasteiger partial charge in [0.05, 0.1) is 5.69 Å². The molecule has 0 saturated heterocycles. The molecule has 0 spiro atoms. The Morgan fingerprint density at radius 3 is 1.57 bits per heavy atom. The molecule has 4 aliphatic rings. The third-order valence-corrected chi connectivity index (χ3v) is 17.5. The van der Waals surface area contributed by atoms with Gasteiger partial charge in [-0.1, -0.05) is 181 Å². The van der Waals surface area contributed by atoms with Crippen molar-refractivity contribution in [2.45, 2.75) is 156 Å². The molecule has 0 aromatic heterocycles. The van der Waals surface area contributed by atoms with E-state index in [0.717, 1.165) is 19.3 Å². The lowest BCUT2D eigenvalue weighted by Crippen LogP contribution is -2.62. The summed E-state index contributed by atoms with van der Waals surface area (Å²) in [4.78, 5) is 5.38. The van der Waals surface area contributed by atoms with Crippen molar-refractivity contribution >= 4 is 57.2 Å². The van der Waals surface area contributed by atoms with Crippen molar-refractivity contribution in [2.75, 3.05) is 9.80 Å². The third-order valence-electron chi connectivity index (χ3n) is 17.5. The fourth-order valence-electron chi connectivity index (χ4n) is 13.5. The van der Waals surface area contributed by atoms with Crippen molar-refractivity contribution in [2.24, 2.45) is 0 Å². The molecule has 2 heterocycles. The molecule has 350 valence electrons. The van der Waals surface area contributed by atoms with Crippen molar-refractivity contribution < 1.29 is 0 Å². The average molecular weight is 905 g/mol. The minimum Gasteiger partial charge on any atom is -0.311 e. The fraction of sp³-hybridized carbons (Fsp3) is 0.364. The molecule has 2 nitrogen and oxygen atoms in total. The zero-order valence-corrected chi connectivity index (χ0v) is 44.3. The SMILES string of the molecule is Cc1cc2c3c(c1)N(c1ccc(C(C)(C)C)cc1-c1ccccc1)c1cc4c(cc1B3c1cc(C(C)(C)c3ccccc3)ccc1N2c1cc2c(cc1C)C(C)(C)CC2(C)C)C(C)(C)CCC4(C)C. The maximum atomic E-state index is 2.70. The van der Waals surface area contributed by atoms with E-state index < -0.39 is 0 Å². The summed E-state index contributed by atoms with van der Waals surface area (Å²) in [5, 5.41) is 0. The second kappa shape index (κ2) is 15.1. The number of anilines is 6. The summed E-state index contributed by atoms with van der Waals surface area (Å²) in [6.07, 6.45) is 3.46. The first-order valence-corrected chi connectivity index (χ1v) is 25.9. The third kappa shape index (κ3) is 7.02. The van der Waals surface area contributed by atoms with Crippen molar-refractivity contribution in [3.63, 3.8) is 0 Å². The van der Waals surface area contributed by atoms with E-state index in [0.29, 0.717) is 0 Å². The highest BCUT2D eigenvalue weighted by molar-refractivity contribution is 7.00. The molecule has 11 rings (SSSR count). The van der Waals surface area contributed by atoms with E-state index in [2.05, 4.69) is 247 Å². The van der Waals surface area contributed by atoms with Crippen molar-refractivity contribution in [1.82, 2.24) is 0 Å². The molecule has 7 aromatic rings. The Balaban J connectivity index is 1.28. The lowest BCUT2D eigenvalue weighted by Gasteiger charge is -2.48. The van der Waals surface area contributed by atoms with Gasteiger partial charge in [0.2, 0.25) is 0 Å². The molecular formula is C66H73BN2. The van der Waals surface area contributed by atoms with Gasteiger partial charge in [-0.3, -0.25) is 0 Å². The lowest BCUT2D eigenvalue weighted by molar-refractivity contribution is 0.332. The first-order chi connectivity index (χ1) is 32.4. The van der Waals surface area contributed by atoms with E-state index >= 15 is 0 Å². The van der Waals surface area contributed by atoms with E-state index in [4.69, 9.17) is 0 Å². The zero-order valence-electron chi connectivity index (χ0n) is 44.3. The highest BCUT2D eigenvalue weighted by Crippen LogP contribution is 2.55. The lowest BCUT2D eigenvalue weighted by atomic mass is 9.33. The second-order valence-electron chi connectivity index (χ2n) is 25.8. The van der Waals surface area contributed by atoms with Crippen LogP contribution in [0.3, 0.4) is 0 Å². The van der Waals surface area contributed by atoms with Gasteiger partial charge < -0.3 is 9.80 Å². The summed E-state index contributed by atoms with van der Waals surface area (Å²) in [7, 11) is 0. The van der Waals surface area contributed by atoms with Crippen LogP contribution in [-0.2, 0) is 32.5 Å². The number of hydrogen-bond donors (Lipinski definition) is 0. The summed E-state index contributed by atoms with van der Waals surface area (Å²) in [6, 6.07) is 52.6. The van der Waals surface area contributed by atoms with Crippen LogP contribution in [0.1, 0.15) is 159 Å². The quantitative estimate of drug-likeness (QED) is 0.159. The van der Waals surface area contributed by atoms with E-state index in [-0.39, 0.29) is 39.2 Å². The molecule has 2 aliphatic carbocycles.